The average molecular weight is 197 g/mol. The number of Topliss-reactive ketones (excluding diaryl/α,β-unsaturated/α-hetero) is 1. The van der Waals surface area contributed by atoms with Gasteiger partial charge >= 0.3 is 5.97 Å². The molecule has 0 saturated carbocycles. The number of nitrogens with zero attached hydrogens (tertiary/aromatic N) is 1. The summed E-state index contributed by atoms with van der Waals surface area (Å²) in [5.74, 6) is 0.0520. The summed E-state index contributed by atoms with van der Waals surface area (Å²) in [7, 11) is 2.01. The Morgan fingerprint density at radius 3 is 2.86 bits per heavy atom. The Labute approximate surface area is 83.2 Å². The third-order valence-corrected chi connectivity index (χ3v) is 3.25. The first-order valence-electron chi connectivity index (χ1n) is 4.99. The molecule has 3 atom stereocenters. The monoisotopic (exact) mass is 197 g/mol. The lowest BCUT2D eigenvalue weighted by molar-refractivity contribution is -0.148. The van der Waals surface area contributed by atoms with Gasteiger partial charge in [-0.3, -0.25) is 14.5 Å². The highest BCUT2D eigenvalue weighted by molar-refractivity contribution is 5.81. The SMILES string of the molecule is CC(=O)O[C@H]1C[C@@H]2CC(=O)C[C@@H]1N2C. The van der Waals surface area contributed by atoms with E-state index in [2.05, 4.69) is 4.90 Å². The van der Waals surface area contributed by atoms with Gasteiger partial charge in [0.25, 0.3) is 0 Å². The van der Waals surface area contributed by atoms with Gasteiger partial charge < -0.3 is 4.74 Å². The van der Waals surface area contributed by atoms with E-state index in [0.29, 0.717) is 18.6 Å². The Morgan fingerprint density at radius 2 is 2.21 bits per heavy atom. The Bertz CT molecular complexity index is 277. The molecule has 0 spiro atoms. The molecule has 78 valence electrons. The van der Waals surface area contributed by atoms with Gasteiger partial charge in [0.15, 0.2) is 0 Å². The fourth-order valence-corrected chi connectivity index (χ4v) is 2.55. The molecule has 0 aromatic heterocycles. The predicted molar refractivity (Wildman–Crippen MR) is 49.8 cm³/mol. The summed E-state index contributed by atoms with van der Waals surface area (Å²) in [6.07, 6.45) is 1.89. The molecule has 4 heteroatoms. The van der Waals surface area contributed by atoms with Crippen molar-refractivity contribution >= 4 is 11.8 Å². The fourth-order valence-electron chi connectivity index (χ4n) is 2.55. The second-order valence-corrected chi connectivity index (χ2v) is 4.22. The maximum Gasteiger partial charge on any atom is 0.302 e. The minimum Gasteiger partial charge on any atom is -0.461 e. The third-order valence-electron chi connectivity index (χ3n) is 3.25. The topological polar surface area (TPSA) is 46.6 Å². The number of esters is 1. The first kappa shape index (κ1) is 9.65. The van der Waals surface area contributed by atoms with Crippen molar-refractivity contribution in [1.82, 2.24) is 4.90 Å². The summed E-state index contributed by atoms with van der Waals surface area (Å²) in [5, 5.41) is 0. The van der Waals surface area contributed by atoms with E-state index in [0.717, 1.165) is 6.42 Å². The predicted octanol–water partition coefficient (Wildman–Crippen LogP) is 0.354. The molecular weight excluding hydrogens is 182 g/mol. The number of hydrogen-bond donors (Lipinski definition) is 0. The average Bonchev–Trinajstić information content (AvgIpc) is 2.30. The van der Waals surface area contributed by atoms with Gasteiger partial charge in [-0.2, -0.15) is 0 Å². The Morgan fingerprint density at radius 1 is 1.50 bits per heavy atom. The lowest BCUT2D eigenvalue weighted by Gasteiger charge is -2.30. The minimum atomic E-state index is -0.247. The number of carbonyl (C=O) groups is 2. The molecule has 2 aliphatic rings. The maximum atomic E-state index is 11.3. The highest BCUT2D eigenvalue weighted by atomic mass is 16.5. The lowest BCUT2D eigenvalue weighted by Crippen LogP contribution is -2.43. The van der Waals surface area contributed by atoms with Crippen LogP contribution in [0.4, 0.5) is 0 Å². The van der Waals surface area contributed by atoms with Crippen LogP contribution in [0.2, 0.25) is 0 Å². The number of fused-ring (bicyclic) bond motifs is 2. The molecule has 0 amide bonds. The molecule has 0 unspecified atom stereocenters. The van der Waals surface area contributed by atoms with Crippen LogP contribution in [0.15, 0.2) is 0 Å². The van der Waals surface area contributed by atoms with Crippen molar-refractivity contribution in [3.05, 3.63) is 0 Å². The molecule has 2 rings (SSSR count). The zero-order valence-electron chi connectivity index (χ0n) is 8.53. The van der Waals surface area contributed by atoms with Crippen molar-refractivity contribution in [2.45, 2.75) is 44.4 Å². The number of ether oxygens (including phenoxy) is 1. The number of piperidine rings is 1. The Balaban J connectivity index is 2.09. The molecule has 0 aliphatic carbocycles. The molecule has 0 aromatic rings. The second-order valence-electron chi connectivity index (χ2n) is 4.22. The zero-order chi connectivity index (χ0) is 10.3. The van der Waals surface area contributed by atoms with Crippen LogP contribution in [0.1, 0.15) is 26.2 Å². The van der Waals surface area contributed by atoms with Crippen molar-refractivity contribution < 1.29 is 14.3 Å². The van der Waals surface area contributed by atoms with Crippen molar-refractivity contribution in [2.75, 3.05) is 7.05 Å². The van der Waals surface area contributed by atoms with E-state index < -0.39 is 0 Å². The molecule has 4 nitrogen and oxygen atoms in total. The number of carbonyl (C=O) groups excluding carboxylic acids is 2. The van der Waals surface area contributed by atoms with Crippen LogP contribution in [-0.2, 0) is 14.3 Å². The second kappa shape index (κ2) is 3.35. The molecular formula is C10H15NO3. The normalized spacial score (nSPS) is 37.3. The van der Waals surface area contributed by atoms with E-state index in [9.17, 15) is 9.59 Å². The molecule has 14 heavy (non-hydrogen) atoms. The number of ketones is 1. The van der Waals surface area contributed by atoms with E-state index in [1.165, 1.54) is 6.92 Å². The molecule has 2 bridgehead atoms. The fraction of sp³-hybridized carbons (Fsp3) is 0.800. The standard InChI is InChI=1S/C10H15NO3/c1-6(12)14-10-4-7-3-8(13)5-9(10)11(7)2/h7,9-10H,3-5H2,1-2H3/t7-,9-,10-/m0/s1. The molecule has 0 aromatic carbocycles. The molecule has 2 aliphatic heterocycles. The van der Waals surface area contributed by atoms with Gasteiger partial charge in [0.1, 0.15) is 11.9 Å². The first-order valence-corrected chi connectivity index (χ1v) is 4.99. The smallest absolute Gasteiger partial charge is 0.302 e. The molecule has 2 heterocycles. The summed E-state index contributed by atoms with van der Waals surface area (Å²) >= 11 is 0. The van der Waals surface area contributed by atoms with Crippen LogP contribution < -0.4 is 0 Å². The van der Waals surface area contributed by atoms with Crippen LogP contribution in [0.5, 0.6) is 0 Å². The number of hydrogen-bond acceptors (Lipinski definition) is 4. The molecule has 2 fully saturated rings. The molecule has 2 saturated heterocycles. The summed E-state index contributed by atoms with van der Waals surface area (Å²) < 4.78 is 5.21. The van der Waals surface area contributed by atoms with Crippen LogP contribution >= 0.6 is 0 Å². The molecule has 0 radical (unpaired) electrons. The van der Waals surface area contributed by atoms with Gasteiger partial charge in [0.2, 0.25) is 0 Å². The van der Waals surface area contributed by atoms with Gasteiger partial charge in [-0.25, -0.2) is 0 Å². The van der Waals surface area contributed by atoms with E-state index in [1.54, 1.807) is 0 Å². The van der Waals surface area contributed by atoms with Gasteiger partial charge in [-0.05, 0) is 7.05 Å². The van der Waals surface area contributed by atoms with E-state index >= 15 is 0 Å². The first-order chi connectivity index (χ1) is 6.58. The van der Waals surface area contributed by atoms with Crippen LogP contribution in [0, 0.1) is 0 Å². The summed E-state index contributed by atoms with van der Waals surface area (Å²) in [6.45, 7) is 1.42. The Kier molecular flexibility index (Phi) is 2.31. The quantitative estimate of drug-likeness (QED) is 0.569. The maximum absolute atomic E-state index is 11.3. The van der Waals surface area contributed by atoms with Gasteiger partial charge in [0, 0.05) is 32.2 Å². The van der Waals surface area contributed by atoms with Gasteiger partial charge in [-0.1, -0.05) is 0 Å². The lowest BCUT2D eigenvalue weighted by atomic mass is 10.0. The van der Waals surface area contributed by atoms with Crippen molar-refractivity contribution in [2.24, 2.45) is 0 Å². The van der Waals surface area contributed by atoms with Crippen molar-refractivity contribution in [3.8, 4) is 0 Å². The largest absolute Gasteiger partial charge is 0.461 e. The Hall–Kier alpha value is -0.900. The van der Waals surface area contributed by atoms with Crippen molar-refractivity contribution in [1.29, 1.82) is 0 Å². The van der Waals surface area contributed by atoms with E-state index in [-0.39, 0.29) is 24.2 Å². The summed E-state index contributed by atoms with van der Waals surface area (Å²) in [4.78, 5) is 24.4. The third kappa shape index (κ3) is 1.54. The van der Waals surface area contributed by atoms with E-state index in [4.69, 9.17) is 4.74 Å². The summed E-state index contributed by atoms with van der Waals surface area (Å²) in [6, 6.07) is 0.399. The summed E-state index contributed by atoms with van der Waals surface area (Å²) in [5.41, 5.74) is 0. The highest BCUT2D eigenvalue weighted by Crippen LogP contribution is 2.34. The van der Waals surface area contributed by atoms with E-state index in [1.807, 2.05) is 7.05 Å². The van der Waals surface area contributed by atoms with Crippen LogP contribution in [0.3, 0.4) is 0 Å². The minimum absolute atomic E-state index is 0.0750. The van der Waals surface area contributed by atoms with Crippen molar-refractivity contribution in [3.63, 3.8) is 0 Å². The zero-order valence-corrected chi connectivity index (χ0v) is 8.53. The van der Waals surface area contributed by atoms with Gasteiger partial charge in [0.05, 0.1) is 6.04 Å². The highest BCUT2D eigenvalue weighted by Gasteiger charge is 2.45. The van der Waals surface area contributed by atoms with Crippen LogP contribution in [-0.4, -0.2) is 41.9 Å². The number of likely N-dealkylation sites (N-methyl/N-ethyl adjacent to an activating group) is 1. The molecule has 0 N–H and O–H groups in total. The van der Waals surface area contributed by atoms with Gasteiger partial charge in [-0.15, -0.1) is 0 Å². The van der Waals surface area contributed by atoms with Crippen LogP contribution in [0.25, 0.3) is 0 Å². The number of rotatable bonds is 1.